The van der Waals surface area contributed by atoms with Gasteiger partial charge in [0, 0.05) is 0 Å². The van der Waals surface area contributed by atoms with E-state index < -0.39 is 0 Å². The monoisotopic (exact) mass is 229 g/mol. The summed E-state index contributed by atoms with van der Waals surface area (Å²) in [6.45, 7) is 0. The molecule has 1 aliphatic rings. The van der Waals surface area contributed by atoms with Gasteiger partial charge in [-0.15, -0.1) is 11.3 Å². The van der Waals surface area contributed by atoms with Gasteiger partial charge in [0.05, 0.1) is 15.9 Å². The lowest BCUT2D eigenvalue weighted by Crippen LogP contribution is -2.41. The number of hydrogen-bond acceptors (Lipinski definition) is 3. The average molecular weight is 230 g/mol. The molecule has 2 N–H and O–H groups in total. The van der Waals surface area contributed by atoms with Crippen LogP contribution in [0.5, 0.6) is 0 Å². The molecule has 0 amide bonds. The van der Waals surface area contributed by atoms with E-state index in [-0.39, 0.29) is 11.8 Å². The highest BCUT2D eigenvalue weighted by Crippen LogP contribution is 2.32. The van der Waals surface area contributed by atoms with Crippen LogP contribution in [0.25, 0.3) is 0 Å². The number of rotatable bonds is 3. The summed E-state index contributed by atoms with van der Waals surface area (Å²) in [6.07, 6.45) is 3.36. The molecule has 1 aliphatic carbocycles. The van der Waals surface area contributed by atoms with E-state index in [9.17, 15) is 4.79 Å². The van der Waals surface area contributed by atoms with Crippen molar-refractivity contribution in [3.05, 3.63) is 21.3 Å². The van der Waals surface area contributed by atoms with Gasteiger partial charge in [0.15, 0.2) is 5.78 Å². The minimum Gasteiger partial charge on any atom is -0.321 e. The number of Topliss-reactive ketones (excluding diaryl/α,β-unsaturated/α-hetero) is 1. The fourth-order valence-corrected chi connectivity index (χ4v) is 2.77. The summed E-state index contributed by atoms with van der Waals surface area (Å²) in [6, 6.07) is 1.40. The quantitative estimate of drug-likeness (QED) is 0.810. The Kier molecular flexibility index (Phi) is 2.91. The standard InChI is InChI=1S/C10H12ClNOS/c11-7-4-5-14-10(7)9(13)8(12)6-2-1-3-6/h4-6,8H,1-3,12H2. The summed E-state index contributed by atoms with van der Waals surface area (Å²) in [5.74, 6) is 0.385. The van der Waals surface area contributed by atoms with Gasteiger partial charge in [-0.25, -0.2) is 0 Å². The molecule has 0 saturated heterocycles. The molecule has 14 heavy (non-hydrogen) atoms. The Labute approximate surface area is 92.1 Å². The Morgan fingerprint density at radius 2 is 2.36 bits per heavy atom. The van der Waals surface area contributed by atoms with Gasteiger partial charge in [-0.3, -0.25) is 4.79 Å². The van der Waals surface area contributed by atoms with Crippen LogP contribution in [0.3, 0.4) is 0 Å². The molecular formula is C10H12ClNOS. The molecule has 1 aromatic rings. The van der Waals surface area contributed by atoms with Crippen LogP contribution in [-0.4, -0.2) is 11.8 Å². The highest BCUT2D eigenvalue weighted by Gasteiger charge is 2.31. The van der Waals surface area contributed by atoms with Crippen molar-refractivity contribution >= 4 is 28.7 Å². The molecule has 0 aliphatic heterocycles. The molecular weight excluding hydrogens is 218 g/mol. The summed E-state index contributed by atoms with van der Waals surface area (Å²) in [5, 5.41) is 2.36. The molecule has 4 heteroatoms. The zero-order chi connectivity index (χ0) is 10.1. The molecule has 1 aromatic heterocycles. The van der Waals surface area contributed by atoms with Gasteiger partial charge in [-0.2, -0.15) is 0 Å². The van der Waals surface area contributed by atoms with Crippen molar-refractivity contribution in [3.63, 3.8) is 0 Å². The second kappa shape index (κ2) is 4.01. The first-order chi connectivity index (χ1) is 6.70. The Hall–Kier alpha value is -0.380. The molecule has 1 fully saturated rings. The third-order valence-electron chi connectivity index (χ3n) is 2.80. The third-order valence-corrected chi connectivity index (χ3v) is 4.16. The predicted molar refractivity (Wildman–Crippen MR) is 59.0 cm³/mol. The average Bonchev–Trinajstić information content (AvgIpc) is 2.47. The van der Waals surface area contributed by atoms with Crippen molar-refractivity contribution in [2.75, 3.05) is 0 Å². The zero-order valence-corrected chi connectivity index (χ0v) is 9.27. The van der Waals surface area contributed by atoms with Crippen LogP contribution in [0.1, 0.15) is 28.9 Å². The smallest absolute Gasteiger partial charge is 0.191 e. The first kappa shape index (κ1) is 10.1. The second-order valence-corrected chi connectivity index (χ2v) is 5.00. The number of thiophene rings is 1. The molecule has 0 radical (unpaired) electrons. The van der Waals surface area contributed by atoms with Crippen LogP contribution >= 0.6 is 22.9 Å². The fourth-order valence-electron chi connectivity index (χ4n) is 1.63. The van der Waals surface area contributed by atoms with E-state index in [1.54, 1.807) is 6.07 Å². The van der Waals surface area contributed by atoms with Crippen molar-refractivity contribution in [1.29, 1.82) is 0 Å². The van der Waals surface area contributed by atoms with Gasteiger partial charge in [0.25, 0.3) is 0 Å². The largest absolute Gasteiger partial charge is 0.321 e. The molecule has 1 saturated carbocycles. The fraction of sp³-hybridized carbons (Fsp3) is 0.500. The van der Waals surface area contributed by atoms with Crippen LogP contribution in [0.4, 0.5) is 0 Å². The first-order valence-electron chi connectivity index (χ1n) is 4.73. The van der Waals surface area contributed by atoms with Crippen molar-refractivity contribution < 1.29 is 4.79 Å². The Bertz CT molecular complexity index is 346. The predicted octanol–water partition coefficient (Wildman–Crippen LogP) is 2.71. The topological polar surface area (TPSA) is 43.1 Å². The molecule has 1 atom stereocenters. The maximum absolute atomic E-state index is 11.9. The lowest BCUT2D eigenvalue weighted by molar-refractivity contribution is 0.0901. The van der Waals surface area contributed by atoms with Crippen LogP contribution in [0, 0.1) is 5.92 Å². The highest BCUT2D eigenvalue weighted by molar-refractivity contribution is 7.12. The Morgan fingerprint density at radius 1 is 1.64 bits per heavy atom. The van der Waals surface area contributed by atoms with E-state index >= 15 is 0 Å². The first-order valence-corrected chi connectivity index (χ1v) is 5.98. The van der Waals surface area contributed by atoms with E-state index in [0.29, 0.717) is 15.8 Å². The van der Waals surface area contributed by atoms with Crippen LogP contribution < -0.4 is 5.73 Å². The molecule has 1 heterocycles. The molecule has 2 rings (SSSR count). The normalized spacial score (nSPS) is 19.0. The van der Waals surface area contributed by atoms with Crippen LogP contribution in [0.2, 0.25) is 5.02 Å². The summed E-state index contributed by atoms with van der Waals surface area (Å²) in [4.78, 5) is 12.5. The van der Waals surface area contributed by atoms with Crippen LogP contribution in [0.15, 0.2) is 11.4 Å². The lowest BCUT2D eigenvalue weighted by atomic mass is 9.78. The molecule has 0 bridgehead atoms. The molecule has 2 nitrogen and oxygen atoms in total. The number of halogens is 1. The van der Waals surface area contributed by atoms with Gasteiger partial charge in [-0.1, -0.05) is 18.0 Å². The minimum atomic E-state index is -0.347. The van der Waals surface area contributed by atoms with Gasteiger partial charge < -0.3 is 5.73 Å². The summed E-state index contributed by atoms with van der Waals surface area (Å²) in [7, 11) is 0. The summed E-state index contributed by atoms with van der Waals surface area (Å²) < 4.78 is 0. The third kappa shape index (κ3) is 1.72. The maximum atomic E-state index is 11.9. The number of nitrogens with two attached hydrogens (primary N) is 1. The number of carbonyl (C=O) groups excluding carboxylic acids is 1. The maximum Gasteiger partial charge on any atom is 0.191 e. The van der Waals surface area contributed by atoms with E-state index in [1.165, 1.54) is 17.8 Å². The van der Waals surface area contributed by atoms with E-state index in [4.69, 9.17) is 17.3 Å². The summed E-state index contributed by atoms with van der Waals surface area (Å²) in [5.41, 5.74) is 5.88. The Balaban J connectivity index is 2.11. The van der Waals surface area contributed by atoms with Gasteiger partial charge in [0.1, 0.15) is 0 Å². The van der Waals surface area contributed by atoms with Crippen molar-refractivity contribution in [3.8, 4) is 0 Å². The van der Waals surface area contributed by atoms with Crippen molar-refractivity contribution in [1.82, 2.24) is 0 Å². The van der Waals surface area contributed by atoms with Gasteiger partial charge >= 0.3 is 0 Å². The highest BCUT2D eigenvalue weighted by atomic mass is 35.5. The molecule has 76 valence electrons. The van der Waals surface area contributed by atoms with E-state index in [0.717, 1.165) is 12.8 Å². The molecule has 1 unspecified atom stereocenters. The second-order valence-electron chi connectivity index (χ2n) is 3.68. The van der Waals surface area contributed by atoms with E-state index in [1.807, 2.05) is 5.38 Å². The SMILES string of the molecule is NC(C(=O)c1sccc1Cl)C1CCC1. The molecule has 0 spiro atoms. The van der Waals surface area contributed by atoms with E-state index in [2.05, 4.69) is 0 Å². The number of hydrogen-bond donors (Lipinski definition) is 1. The minimum absolute atomic E-state index is 0.00898. The number of ketones is 1. The zero-order valence-electron chi connectivity index (χ0n) is 7.70. The van der Waals surface area contributed by atoms with Gasteiger partial charge in [-0.05, 0) is 30.2 Å². The van der Waals surface area contributed by atoms with Crippen LogP contribution in [-0.2, 0) is 0 Å². The molecule has 0 aromatic carbocycles. The summed E-state index contributed by atoms with van der Waals surface area (Å²) >= 11 is 7.26. The van der Waals surface area contributed by atoms with Gasteiger partial charge in [0.2, 0.25) is 0 Å². The number of carbonyl (C=O) groups is 1. The van der Waals surface area contributed by atoms with Crippen molar-refractivity contribution in [2.45, 2.75) is 25.3 Å². The Morgan fingerprint density at radius 3 is 2.79 bits per heavy atom. The lowest BCUT2D eigenvalue weighted by Gasteiger charge is -2.29. The van der Waals surface area contributed by atoms with Crippen molar-refractivity contribution in [2.24, 2.45) is 11.7 Å².